The molecule has 0 bridgehead atoms. The van der Waals surface area contributed by atoms with Crippen LogP contribution in [0, 0.1) is 18.3 Å². The van der Waals surface area contributed by atoms with Gasteiger partial charge in [-0.3, -0.25) is 0 Å². The van der Waals surface area contributed by atoms with E-state index in [1.165, 1.54) is 23.3 Å². The first kappa shape index (κ1) is 12.7. The highest BCUT2D eigenvalue weighted by Gasteiger charge is 2.15. The molecule has 0 saturated heterocycles. The fourth-order valence-electron chi connectivity index (χ4n) is 1.22. The summed E-state index contributed by atoms with van der Waals surface area (Å²) in [6, 6.07) is 7.48. The maximum absolute atomic E-state index is 9.04. The molecular formula is C11H6Cl2N2S2. The number of hydrogen-bond donors (Lipinski definition) is 0. The van der Waals surface area contributed by atoms with Crippen LogP contribution in [0.25, 0.3) is 0 Å². The van der Waals surface area contributed by atoms with E-state index in [4.69, 9.17) is 28.5 Å². The number of hydrogen-bond acceptors (Lipinski definition) is 4. The second-order valence-corrected chi connectivity index (χ2v) is 6.06. The second-order valence-electron chi connectivity index (χ2n) is 3.20. The quantitative estimate of drug-likeness (QED) is 0.801. The third-order valence-electron chi connectivity index (χ3n) is 2.06. The van der Waals surface area contributed by atoms with Crippen LogP contribution in [-0.4, -0.2) is 4.37 Å². The molecule has 0 atom stereocenters. The first-order chi connectivity index (χ1) is 8.13. The number of halogens is 2. The summed E-state index contributed by atoms with van der Waals surface area (Å²) in [7, 11) is 0. The molecule has 0 N–H and O–H groups in total. The molecular weight excluding hydrogens is 295 g/mol. The van der Waals surface area contributed by atoms with Crippen LogP contribution in [0.2, 0.25) is 10.0 Å². The molecule has 0 aliphatic heterocycles. The Morgan fingerprint density at radius 2 is 2.00 bits per heavy atom. The molecule has 0 radical (unpaired) electrons. The van der Waals surface area contributed by atoms with Crippen molar-refractivity contribution < 1.29 is 0 Å². The predicted molar refractivity (Wildman–Crippen MR) is 72.2 cm³/mol. The summed E-state index contributed by atoms with van der Waals surface area (Å²) in [4.78, 5) is 0.760. The smallest absolute Gasteiger partial charge is 0.104 e. The lowest BCUT2D eigenvalue weighted by molar-refractivity contribution is 1.29. The summed E-state index contributed by atoms with van der Waals surface area (Å²) in [5, 5.41) is 10.2. The van der Waals surface area contributed by atoms with E-state index in [0.717, 1.165) is 14.8 Å². The van der Waals surface area contributed by atoms with Crippen LogP contribution in [0.4, 0.5) is 0 Å². The SMILES string of the molecule is Cc1nsc(Sc2c(Cl)cccc2Cl)c1C#N. The molecule has 1 aromatic heterocycles. The van der Waals surface area contributed by atoms with Crippen molar-refractivity contribution in [2.24, 2.45) is 0 Å². The van der Waals surface area contributed by atoms with E-state index >= 15 is 0 Å². The zero-order chi connectivity index (χ0) is 12.4. The molecule has 0 spiro atoms. The summed E-state index contributed by atoms with van der Waals surface area (Å²) in [5.41, 5.74) is 1.33. The molecule has 86 valence electrons. The number of rotatable bonds is 2. The van der Waals surface area contributed by atoms with Gasteiger partial charge in [0.25, 0.3) is 0 Å². The van der Waals surface area contributed by atoms with Gasteiger partial charge < -0.3 is 0 Å². The maximum Gasteiger partial charge on any atom is 0.104 e. The average molecular weight is 301 g/mol. The van der Waals surface area contributed by atoms with Crippen LogP contribution in [0.3, 0.4) is 0 Å². The first-order valence-corrected chi connectivity index (χ1v) is 6.96. The van der Waals surface area contributed by atoms with E-state index in [1.54, 1.807) is 18.2 Å². The lowest BCUT2D eigenvalue weighted by Crippen LogP contribution is -1.80. The lowest BCUT2D eigenvalue weighted by Gasteiger charge is -2.04. The standard InChI is InChI=1S/C11H6Cl2N2S2/c1-6-7(5-14)11(17-15-6)16-10-8(12)3-2-4-9(10)13/h2-4H,1H3. The molecule has 1 aromatic carbocycles. The zero-order valence-corrected chi connectivity index (χ0v) is 11.8. The van der Waals surface area contributed by atoms with Crippen LogP contribution in [0.15, 0.2) is 27.3 Å². The molecule has 17 heavy (non-hydrogen) atoms. The summed E-state index contributed by atoms with van der Waals surface area (Å²) in [6.45, 7) is 1.81. The van der Waals surface area contributed by atoms with Gasteiger partial charge in [-0.05, 0) is 30.6 Å². The lowest BCUT2D eigenvalue weighted by atomic mass is 10.3. The summed E-state index contributed by atoms with van der Waals surface area (Å²) < 4.78 is 4.97. The topological polar surface area (TPSA) is 36.7 Å². The van der Waals surface area contributed by atoms with E-state index < -0.39 is 0 Å². The molecule has 0 fully saturated rings. The Morgan fingerprint density at radius 3 is 2.59 bits per heavy atom. The van der Waals surface area contributed by atoms with Crippen LogP contribution in [0.5, 0.6) is 0 Å². The first-order valence-electron chi connectivity index (χ1n) is 4.61. The van der Waals surface area contributed by atoms with E-state index in [1.807, 2.05) is 6.92 Å². The molecule has 0 unspecified atom stereocenters. The third-order valence-corrected chi connectivity index (χ3v) is 5.15. The third kappa shape index (κ3) is 2.58. The predicted octanol–water partition coefficient (Wildman–Crippen LogP) is 4.78. The molecule has 0 aliphatic carbocycles. The molecule has 0 saturated carbocycles. The van der Waals surface area contributed by atoms with Gasteiger partial charge >= 0.3 is 0 Å². The minimum atomic E-state index is 0.581. The molecule has 0 amide bonds. The monoisotopic (exact) mass is 300 g/mol. The summed E-state index contributed by atoms with van der Waals surface area (Å²) in [5.74, 6) is 0. The summed E-state index contributed by atoms with van der Waals surface area (Å²) >= 11 is 14.8. The van der Waals surface area contributed by atoms with Crippen molar-refractivity contribution in [3.8, 4) is 6.07 Å². The second kappa shape index (κ2) is 5.28. The average Bonchev–Trinajstić information content (AvgIpc) is 2.64. The van der Waals surface area contributed by atoms with Gasteiger partial charge in [-0.15, -0.1) is 0 Å². The Balaban J connectivity index is 2.42. The van der Waals surface area contributed by atoms with E-state index in [0.29, 0.717) is 15.6 Å². The van der Waals surface area contributed by atoms with Crippen LogP contribution < -0.4 is 0 Å². The van der Waals surface area contributed by atoms with Crippen molar-refractivity contribution in [3.05, 3.63) is 39.5 Å². The number of aryl methyl sites for hydroxylation is 1. The fourth-order valence-corrected chi connectivity index (χ4v) is 3.77. The van der Waals surface area contributed by atoms with Gasteiger partial charge in [-0.1, -0.05) is 41.0 Å². The highest BCUT2D eigenvalue weighted by molar-refractivity contribution is 8.01. The van der Waals surface area contributed by atoms with Gasteiger partial charge in [0.2, 0.25) is 0 Å². The van der Waals surface area contributed by atoms with Gasteiger partial charge in [0, 0.05) is 0 Å². The largest absolute Gasteiger partial charge is 0.195 e. The molecule has 6 heteroatoms. The van der Waals surface area contributed by atoms with Gasteiger partial charge in [0.1, 0.15) is 10.3 Å². The zero-order valence-electron chi connectivity index (χ0n) is 8.70. The normalized spacial score (nSPS) is 10.2. The minimum absolute atomic E-state index is 0.581. The number of benzene rings is 1. The Hall–Kier alpha value is -0.730. The number of nitriles is 1. The molecule has 2 rings (SSSR count). The van der Waals surface area contributed by atoms with Gasteiger partial charge in [-0.25, -0.2) is 0 Å². The van der Waals surface area contributed by atoms with Crippen molar-refractivity contribution >= 4 is 46.5 Å². The van der Waals surface area contributed by atoms with Crippen LogP contribution in [0.1, 0.15) is 11.3 Å². The highest BCUT2D eigenvalue weighted by atomic mass is 35.5. The highest BCUT2D eigenvalue weighted by Crippen LogP contribution is 2.41. The van der Waals surface area contributed by atoms with Gasteiger partial charge in [0.05, 0.1) is 26.2 Å². The Bertz CT molecular complexity index is 582. The van der Waals surface area contributed by atoms with Crippen LogP contribution >= 0.6 is 46.5 Å². The van der Waals surface area contributed by atoms with Crippen molar-refractivity contribution in [3.63, 3.8) is 0 Å². The fraction of sp³-hybridized carbons (Fsp3) is 0.0909. The van der Waals surface area contributed by atoms with Crippen LogP contribution in [-0.2, 0) is 0 Å². The Morgan fingerprint density at radius 1 is 1.35 bits per heavy atom. The Kier molecular flexibility index (Phi) is 3.95. The van der Waals surface area contributed by atoms with Crippen molar-refractivity contribution in [1.82, 2.24) is 4.37 Å². The van der Waals surface area contributed by atoms with E-state index in [-0.39, 0.29) is 0 Å². The van der Waals surface area contributed by atoms with E-state index in [2.05, 4.69) is 10.4 Å². The molecule has 0 aliphatic rings. The minimum Gasteiger partial charge on any atom is -0.195 e. The van der Waals surface area contributed by atoms with Crippen molar-refractivity contribution in [2.75, 3.05) is 0 Å². The van der Waals surface area contributed by atoms with E-state index in [9.17, 15) is 0 Å². The Labute approximate surface area is 117 Å². The molecule has 1 heterocycles. The van der Waals surface area contributed by atoms with Gasteiger partial charge in [0.15, 0.2) is 0 Å². The van der Waals surface area contributed by atoms with Crippen molar-refractivity contribution in [2.45, 2.75) is 16.0 Å². The summed E-state index contributed by atoms with van der Waals surface area (Å²) in [6.07, 6.45) is 0. The maximum atomic E-state index is 9.04. The number of aromatic nitrogens is 1. The van der Waals surface area contributed by atoms with Crippen molar-refractivity contribution in [1.29, 1.82) is 5.26 Å². The number of nitrogens with zero attached hydrogens (tertiary/aromatic N) is 2. The molecule has 2 nitrogen and oxygen atoms in total. The molecule has 2 aromatic rings. The van der Waals surface area contributed by atoms with Gasteiger partial charge in [-0.2, -0.15) is 9.64 Å².